The molecule has 12 heavy (non-hydrogen) atoms. The molecular formula is C9H7ClIN. The maximum Gasteiger partial charge on any atom is 0.0992 e. The van der Waals surface area contributed by atoms with E-state index in [1.807, 2.05) is 19.1 Å². The summed E-state index contributed by atoms with van der Waals surface area (Å²) in [6.07, 6.45) is 0. The summed E-state index contributed by atoms with van der Waals surface area (Å²) in [5.41, 5.74) is 2.89. The van der Waals surface area contributed by atoms with Crippen molar-refractivity contribution < 1.29 is 0 Å². The molecule has 0 saturated heterocycles. The van der Waals surface area contributed by atoms with E-state index in [1.54, 1.807) is 0 Å². The van der Waals surface area contributed by atoms with Gasteiger partial charge in [0.1, 0.15) is 0 Å². The number of benzene rings is 1. The maximum absolute atomic E-state index is 8.68. The van der Waals surface area contributed by atoms with Crippen LogP contribution in [0.1, 0.15) is 16.7 Å². The summed E-state index contributed by atoms with van der Waals surface area (Å²) in [5.74, 6) is 0.470. The molecule has 0 atom stereocenters. The molecule has 1 rings (SSSR count). The van der Waals surface area contributed by atoms with E-state index in [0.29, 0.717) is 11.4 Å². The molecule has 1 aromatic carbocycles. The molecule has 0 saturated carbocycles. The van der Waals surface area contributed by atoms with Crippen LogP contribution in [0.5, 0.6) is 0 Å². The summed E-state index contributed by atoms with van der Waals surface area (Å²) in [6, 6.07) is 5.81. The molecule has 0 unspecified atom stereocenters. The molecule has 0 aliphatic heterocycles. The Morgan fingerprint density at radius 1 is 1.58 bits per heavy atom. The van der Waals surface area contributed by atoms with Gasteiger partial charge in [-0.3, -0.25) is 0 Å². The summed E-state index contributed by atoms with van der Waals surface area (Å²) in [5, 5.41) is 8.68. The molecule has 0 bridgehead atoms. The van der Waals surface area contributed by atoms with Gasteiger partial charge in [0.25, 0.3) is 0 Å². The lowest BCUT2D eigenvalue weighted by Gasteiger charge is -2.04. The van der Waals surface area contributed by atoms with Crippen molar-refractivity contribution in [1.29, 1.82) is 5.26 Å². The van der Waals surface area contributed by atoms with Gasteiger partial charge in [0.15, 0.2) is 0 Å². The van der Waals surface area contributed by atoms with Crippen LogP contribution in [-0.2, 0) is 5.88 Å². The zero-order valence-corrected chi connectivity index (χ0v) is 9.48. The third-order valence-electron chi connectivity index (χ3n) is 1.72. The molecule has 0 fully saturated rings. The van der Waals surface area contributed by atoms with Crippen LogP contribution < -0.4 is 0 Å². The third kappa shape index (κ3) is 1.90. The van der Waals surface area contributed by atoms with Gasteiger partial charge in [0, 0.05) is 9.45 Å². The van der Waals surface area contributed by atoms with Crippen LogP contribution >= 0.6 is 34.2 Å². The molecule has 0 heterocycles. The van der Waals surface area contributed by atoms with Crippen molar-refractivity contribution in [3.63, 3.8) is 0 Å². The van der Waals surface area contributed by atoms with Crippen LogP contribution in [-0.4, -0.2) is 0 Å². The largest absolute Gasteiger partial charge is 0.192 e. The summed E-state index contributed by atoms with van der Waals surface area (Å²) < 4.78 is 1.10. The first-order valence-electron chi connectivity index (χ1n) is 3.44. The number of rotatable bonds is 1. The lowest BCUT2D eigenvalue weighted by atomic mass is 10.1. The molecule has 3 heteroatoms. The third-order valence-corrected chi connectivity index (χ3v) is 3.13. The first-order valence-corrected chi connectivity index (χ1v) is 5.05. The molecule has 0 N–H and O–H groups in total. The van der Waals surface area contributed by atoms with Crippen LogP contribution in [0.25, 0.3) is 0 Å². The van der Waals surface area contributed by atoms with Crippen molar-refractivity contribution in [1.82, 2.24) is 0 Å². The minimum atomic E-state index is 0.470. The Bertz CT molecular complexity index is 341. The highest BCUT2D eigenvalue weighted by Crippen LogP contribution is 2.19. The molecule has 0 spiro atoms. The normalized spacial score (nSPS) is 9.50. The smallest absolute Gasteiger partial charge is 0.0992 e. The lowest BCUT2D eigenvalue weighted by Crippen LogP contribution is -1.90. The van der Waals surface area contributed by atoms with Crippen molar-refractivity contribution in [2.45, 2.75) is 12.8 Å². The van der Waals surface area contributed by atoms with E-state index in [4.69, 9.17) is 16.9 Å². The lowest BCUT2D eigenvalue weighted by molar-refractivity contribution is 1.26. The highest BCUT2D eigenvalue weighted by Gasteiger charge is 2.03. The van der Waals surface area contributed by atoms with Gasteiger partial charge in [0.2, 0.25) is 0 Å². The van der Waals surface area contributed by atoms with Gasteiger partial charge < -0.3 is 0 Å². The second-order valence-electron chi connectivity index (χ2n) is 2.49. The Kier molecular flexibility index (Phi) is 3.36. The van der Waals surface area contributed by atoms with Crippen molar-refractivity contribution in [2.75, 3.05) is 0 Å². The average Bonchev–Trinajstić information content (AvgIpc) is 2.09. The predicted molar refractivity (Wildman–Crippen MR) is 58.2 cm³/mol. The second-order valence-corrected chi connectivity index (χ2v) is 3.92. The number of nitrogens with zero attached hydrogens (tertiary/aromatic N) is 1. The Hall–Kier alpha value is -0.270. The monoisotopic (exact) mass is 291 g/mol. The number of alkyl halides is 1. The molecular weight excluding hydrogens is 284 g/mol. The zero-order chi connectivity index (χ0) is 9.14. The fourth-order valence-corrected chi connectivity index (χ4v) is 1.90. The van der Waals surface area contributed by atoms with E-state index in [9.17, 15) is 0 Å². The first kappa shape index (κ1) is 9.82. The zero-order valence-electron chi connectivity index (χ0n) is 6.56. The van der Waals surface area contributed by atoms with Gasteiger partial charge in [-0.1, -0.05) is 0 Å². The van der Waals surface area contributed by atoms with Crippen LogP contribution in [0, 0.1) is 21.8 Å². The topological polar surface area (TPSA) is 23.8 Å². The fourth-order valence-electron chi connectivity index (χ4n) is 0.939. The first-order chi connectivity index (χ1) is 5.69. The molecule has 62 valence electrons. The van der Waals surface area contributed by atoms with E-state index in [-0.39, 0.29) is 0 Å². The number of nitriles is 1. The van der Waals surface area contributed by atoms with Crippen LogP contribution in [0.4, 0.5) is 0 Å². The molecule has 1 aromatic rings. The number of hydrogen-bond donors (Lipinski definition) is 0. The molecule has 0 aromatic heterocycles. The van der Waals surface area contributed by atoms with Crippen molar-refractivity contribution in [3.05, 3.63) is 32.4 Å². The Balaban J connectivity index is 3.31. The van der Waals surface area contributed by atoms with Crippen LogP contribution in [0.3, 0.4) is 0 Å². The summed E-state index contributed by atoms with van der Waals surface area (Å²) in [6.45, 7) is 2.01. The number of halogens is 2. The number of hydrogen-bond acceptors (Lipinski definition) is 1. The molecule has 0 aliphatic rings. The summed E-state index contributed by atoms with van der Waals surface area (Å²) >= 11 is 7.93. The summed E-state index contributed by atoms with van der Waals surface area (Å²) in [7, 11) is 0. The predicted octanol–water partition coefficient (Wildman–Crippen LogP) is 3.21. The highest BCUT2D eigenvalue weighted by molar-refractivity contribution is 14.1. The van der Waals surface area contributed by atoms with Gasteiger partial charge >= 0.3 is 0 Å². The van der Waals surface area contributed by atoms with Crippen molar-refractivity contribution in [2.24, 2.45) is 0 Å². The van der Waals surface area contributed by atoms with E-state index in [0.717, 1.165) is 9.13 Å². The van der Waals surface area contributed by atoms with E-state index < -0.39 is 0 Å². The van der Waals surface area contributed by atoms with Gasteiger partial charge in [0.05, 0.1) is 11.6 Å². The van der Waals surface area contributed by atoms with E-state index in [2.05, 4.69) is 28.7 Å². The van der Waals surface area contributed by atoms with Gasteiger partial charge in [-0.05, 0) is 52.8 Å². The van der Waals surface area contributed by atoms with E-state index in [1.165, 1.54) is 5.56 Å². The minimum Gasteiger partial charge on any atom is -0.192 e. The molecule has 0 aliphatic carbocycles. The standard InChI is InChI=1S/C9H7ClIN/c1-6-8(4-10)2-7(5-12)3-9(6)11/h2-3H,4H2,1H3. The Morgan fingerprint density at radius 2 is 2.25 bits per heavy atom. The van der Waals surface area contributed by atoms with Gasteiger partial charge in [-0.25, -0.2) is 0 Å². The Morgan fingerprint density at radius 3 is 2.75 bits per heavy atom. The molecule has 1 nitrogen and oxygen atoms in total. The van der Waals surface area contributed by atoms with Crippen molar-refractivity contribution in [3.8, 4) is 6.07 Å². The quantitative estimate of drug-likeness (QED) is 0.576. The van der Waals surface area contributed by atoms with Gasteiger partial charge in [-0.15, -0.1) is 11.6 Å². The fraction of sp³-hybridized carbons (Fsp3) is 0.222. The minimum absolute atomic E-state index is 0.470. The molecule has 0 radical (unpaired) electrons. The average molecular weight is 292 g/mol. The maximum atomic E-state index is 8.68. The van der Waals surface area contributed by atoms with Crippen LogP contribution in [0.15, 0.2) is 12.1 Å². The second kappa shape index (κ2) is 4.11. The van der Waals surface area contributed by atoms with Crippen LogP contribution in [0.2, 0.25) is 0 Å². The molecule has 0 amide bonds. The van der Waals surface area contributed by atoms with Gasteiger partial charge in [-0.2, -0.15) is 5.26 Å². The summed E-state index contributed by atoms with van der Waals surface area (Å²) in [4.78, 5) is 0. The SMILES string of the molecule is Cc1c(I)cc(C#N)cc1CCl. The highest BCUT2D eigenvalue weighted by atomic mass is 127. The Labute approximate surface area is 90.5 Å². The van der Waals surface area contributed by atoms with E-state index >= 15 is 0 Å². The van der Waals surface area contributed by atoms with Crippen molar-refractivity contribution >= 4 is 34.2 Å².